The largest absolute Gasteiger partial charge is 0.456 e. The van der Waals surface area contributed by atoms with Crippen LogP contribution in [0.3, 0.4) is 0 Å². The van der Waals surface area contributed by atoms with E-state index in [1.807, 2.05) is 42.5 Å². The zero-order valence-corrected chi connectivity index (χ0v) is 17.7. The molecule has 5 aromatic carbocycles. The summed E-state index contributed by atoms with van der Waals surface area (Å²) < 4.78 is 12.2. The third kappa shape index (κ3) is 2.90. The molecule has 7 rings (SSSR count). The minimum atomic E-state index is 0.870. The molecule has 3 heteroatoms. The van der Waals surface area contributed by atoms with Crippen molar-refractivity contribution in [3.05, 3.63) is 109 Å². The molecule has 3 nitrogen and oxygen atoms in total. The van der Waals surface area contributed by atoms with Crippen LogP contribution in [-0.2, 0) is 0 Å². The smallest absolute Gasteiger partial charge is 0.137 e. The number of benzene rings is 5. The van der Waals surface area contributed by atoms with Crippen molar-refractivity contribution in [2.75, 3.05) is 5.32 Å². The van der Waals surface area contributed by atoms with Crippen LogP contribution in [-0.4, -0.2) is 0 Å². The molecule has 0 unspecified atom stereocenters. The highest BCUT2D eigenvalue weighted by molar-refractivity contribution is 6.13. The van der Waals surface area contributed by atoms with Gasteiger partial charge in [-0.15, -0.1) is 0 Å². The van der Waals surface area contributed by atoms with Crippen LogP contribution in [0, 0.1) is 0 Å². The van der Waals surface area contributed by atoms with Gasteiger partial charge in [-0.2, -0.15) is 0 Å². The summed E-state index contributed by atoms with van der Waals surface area (Å²) in [5.74, 6) is 0. The lowest BCUT2D eigenvalue weighted by molar-refractivity contribution is 0.668. The molecule has 1 N–H and O–H groups in total. The van der Waals surface area contributed by atoms with Crippen LogP contribution >= 0.6 is 0 Å². The minimum Gasteiger partial charge on any atom is -0.456 e. The topological polar surface area (TPSA) is 38.3 Å². The van der Waals surface area contributed by atoms with Crippen LogP contribution in [0.1, 0.15) is 0 Å². The highest BCUT2D eigenvalue weighted by atomic mass is 16.3. The predicted molar refractivity (Wildman–Crippen MR) is 136 cm³/mol. The molecular formula is C30H19NO2. The highest BCUT2D eigenvalue weighted by Gasteiger charge is 2.13. The van der Waals surface area contributed by atoms with Crippen molar-refractivity contribution in [3.63, 3.8) is 0 Å². The Morgan fingerprint density at radius 2 is 1.18 bits per heavy atom. The molecule has 156 valence electrons. The van der Waals surface area contributed by atoms with Gasteiger partial charge in [0.05, 0.1) is 11.1 Å². The van der Waals surface area contributed by atoms with E-state index in [1.165, 1.54) is 11.1 Å². The van der Waals surface area contributed by atoms with Crippen molar-refractivity contribution in [1.82, 2.24) is 0 Å². The normalized spacial score (nSPS) is 11.6. The Hall–Kier alpha value is -4.50. The quantitative estimate of drug-likeness (QED) is 0.307. The maximum absolute atomic E-state index is 6.18. The molecule has 0 radical (unpaired) electrons. The third-order valence-electron chi connectivity index (χ3n) is 6.26. The van der Waals surface area contributed by atoms with Gasteiger partial charge < -0.3 is 14.2 Å². The van der Waals surface area contributed by atoms with E-state index in [0.29, 0.717) is 0 Å². The Morgan fingerprint density at radius 3 is 2.12 bits per heavy atom. The second kappa shape index (κ2) is 7.01. The van der Waals surface area contributed by atoms with E-state index in [9.17, 15) is 0 Å². The van der Waals surface area contributed by atoms with Crippen LogP contribution in [0.4, 0.5) is 11.4 Å². The highest BCUT2D eigenvalue weighted by Crippen LogP contribution is 2.38. The first-order chi connectivity index (χ1) is 16.3. The molecule has 0 atom stereocenters. The number of rotatable bonds is 3. The first kappa shape index (κ1) is 18.1. The Bertz CT molecular complexity index is 1790. The number of para-hydroxylation sites is 1. The van der Waals surface area contributed by atoms with Crippen molar-refractivity contribution in [2.24, 2.45) is 0 Å². The molecule has 0 saturated carbocycles. The molecule has 0 amide bonds. The lowest BCUT2D eigenvalue weighted by Crippen LogP contribution is -1.90. The van der Waals surface area contributed by atoms with Crippen LogP contribution < -0.4 is 5.32 Å². The minimum absolute atomic E-state index is 0.870. The number of nitrogens with one attached hydrogen (secondary N) is 1. The summed E-state index contributed by atoms with van der Waals surface area (Å²) >= 11 is 0. The molecular weight excluding hydrogens is 406 g/mol. The predicted octanol–water partition coefficient (Wildman–Crippen LogP) is 8.90. The van der Waals surface area contributed by atoms with Crippen LogP contribution in [0.5, 0.6) is 0 Å². The summed E-state index contributed by atoms with van der Waals surface area (Å²) in [6.07, 6.45) is 0. The van der Waals surface area contributed by atoms with Crippen molar-refractivity contribution in [3.8, 4) is 11.1 Å². The van der Waals surface area contributed by atoms with Crippen LogP contribution in [0.25, 0.3) is 55.0 Å². The van der Waals surface area contributed by atoms with Gasteiger partial charge in [0.2, 0.25) is 0 Å². The summed E-state index contributed by atoms with van der Waals surface area (Å²) in [6, 6.07) is 37.4. The fourth-order valence-corrected chi connectivity index (χ4v) is 4.70. The van der Waals surface area contributed by atoms with Crippen LogP contribution in [0.15, 0.2) is 118 Å². The van der Waals surface area contributed by atoms with Gasteiger partial charge in [-0.05, 0) is 59.7 Å². The Balaban J connectivity index is 1.38. The van der Waals surface area contributed by atoms with E-state index in [0.717, 1.165) is 55.3 Å². The zero-order valence-electron chi connectivity index (χ0n) is 17.7. The number of fused-ring (bicyclic) bond motifs is 6. The van der Waals surface area contributed by atoms with Gasteiger partial charge in [0.1, 0.15) is 22.3 Å². The van der Waals surface area contributed by atoms with E-state index in [2.05, 4.69) is 72.0 Å². The second-order valence-corrected chi connectivity index (χ2v) is 8.29. The summed E-state index contributed by atoms with van der Waals surface area (Å²) in [4.78, 5) is 0. The van der Waals surface area contributed by atoms with E-state index in [1.54, 1.807) is 0 Å². The van der Waals surface area contributed by atoms with Gasteiger partial charge in [-0.25, -0.2) is 0 Å². The molecule has 7 aromatic rings. The monoisotopic (exact) mass is 425 g/mol. The summed E-state index contributed by atoms with van der Waals surface area (Å²) in [5.41, 5.74) is 7.94. The van der Waals surface area contributed by atoms with Crippen molar-refractivity contribution < 1.29 is 8.83 Å². The Kier molecular flexibility index (Phi) is 3.84. The fraction of sp³-hybridized carbons (Fsp3) is 0. The molecule has 0 bridgehead atoms. The Labute approximate surface area is 189 Å². The first-order valence-corrected chi connectivity index (χ1v) is 11.0. The van der Waals surface area contributed by atoms with Crippen molar-refractivity contribution in [2.45, 2.75) is 0 Å². The number of anilines is 2. The summed E-state index contributed by atoms with van der Waals surface area (Å²) in [5, 5.41) is 8.04. The van der Waals surface area contributed by atoms with Gasteiger partial charge in [0.15, 0.2) is 0 Å². The lowest BCUT2D eigenvalue weighted by Gasteiger charge is -2.08. The first-order valence-electron chi connectivity index (χ1n) is 11.0. The van der Waals surface area contributed by atoms with Crippen LogP contribution in [0.2, 0.25) is 0 Å². The van der Waals surface area contributed by atoms with E-state index >= 15 is 0 Å². The lowest BCUT2D eigenvalue weighted by atomic mass is 10.0. The maximum Gasteiger partial charge on any atom is 0.137 e. The number of hydrogen-bond donors (Lipinski definition) is 1. The zero-order chi connectivity index (χ0) is 21.8. The molecule has 0 aliphatic heterocycles. The fourth-order valence-electron chi connectivity index (χ4n) is 4.70. The van der Waals surface area contributed by atoms with Gasteiger partial charge in [0, 0.05) is 21.8 Å². The molecule has 0 aliphatic carbocycles. The van der Waals surface area contributed by atoms with Crippen molar-refractivity contribution in [1.29, 1.82) is 0 Å². The van der Waals surface area contributed by atoms with Gasteiger partial charge in [0.25, 0.3) is 0 Å². The van der Waals surface area contributed by atoms with E-state index in [4.69, 9.17) is 8.83 Å². The average Bonchev–Trinajstić information content (AvgIpc) is 3.43. The van der Waals surface area contributed by atoms with E-state index < -0.39 is 0 Å². The molecule has 33 heavy (non-hydrogen) atoms. The van der Waals surface area contributed by atoms with E-state index in [-0.39, 0.29) is 0 Å². The summed E-state index contributed by atoms with van der Waals surface area (Å²) in [6.45, 7) is 0. The number of hydrogen-bond acceptors (Lipinski definition) is 3. The molecule has 0 aliphatic rings. The molecule has 2 heterocycles. The Morgan fingerprint density at radius 1 is 0.455 bits per heavy atom. The molecule has 0 saturated heterocycles. The second-order valence-electron chi connectivity index (χ2n) is 8.29. The molecule has 0 spiro atoms. The van der Waals surface area contributed by atoms with Crippen molar-refractivity contribution >= 4 is 55.3 Å². The maximum atomic E-state index is 6.18. The van der Waals surface area contributed by atoms with Gasteiger partial charge >= 0.3 is 0 Å². The molecule has 0 fully saturated rings. The summed E-state index contributed by atoms with van der Waals surface area (Å²) in [7, 11) is 0. The number of furan rings is 2. The third-order valence-corrected chi connectivity index (χ3v) is 6.26. The van der Waals surface area contributed by atoms with Gasteiger partial charge in [-0.1, -0.05) is 60.7 Å². The SMILES string of the molecule is c1ccc(-c2ccc3oc4cccc(Nc5ccc6oc7ccccc7c6c5)c4c3c2)cc1. The average molecular weight is 425 g/mol. The van der Waals surface area contributed by atoms with Gasteiger partial charge in [-0.3, -0.25) is 0 Å². The standard InChI is InChI=1S/C30H19NO2/c1-2-7-19(8-3-1)20-13-15-28-24(17-20)30-25(10-6-12-29(30)33-28)31-21-14-16-27-23(18-21)22-9-4-5-11-26(22)32-27/h1-18,31H. The molecule has 2 aromatic heterocycles.